The minimum Gasteiger partial charge on any atom is -0.391 e. The molecule has 4 heteroatoms. The quantitative estimate of drug-likeness (QED) is 0.864. The SMILES string of the molecule is CC(C)(N)C(O)Cc1ncccc1Br. The Morgan fingerprint density at radius 1 is 1.64 bits per heavy atom. The molecule has 0 amide bonds. The molecule has 3 nitrogen and oxygen atoms in total. The molecule has 0 radical (unpaired) electrons. The fraction of sp³-hybridized carbons (Fsp3) is 0.500. The predicted octanol–water partition coefficient (Wildman–Crippen LogP) is 1.48. The van der Waals surface area contributed by atoms with Crippen LogP contribution in [0.15, 0.2) is 22.8 Å². The Labute approximate surface area is 92.5 Å². The van der Waals surface area contributed by atoms with Crippen molar-refractivity contribution < 1.29 is 5.11 Å². The van der Waals surface area contributed by atoms with E-state index in [1.807, 2.05) is 12.1 Å². The van der Waals surface area contributed by atoms with Crippen molar-refractivity contribution in [2.75, 3.05) is 0 Å². The lowest BCUT2D eigenvalue weighted by Crippen LogP contribution is -2.46. The minimum absolute atomic E-state index is 0.463. The average molecular weight is 259 g/mol. The van der Waals surface area contributed by atoms with Crippen molar-refractivity contribution in [1.82, 2.24) is 4.98 Å². The number of hydrogen-bond acceptors (Lipinski definition) is 3. The minimum atomic E-state index is -0.600. The summed E-state index contributed by atoms with van der Waals surface area (Å²) in [6, 6.07) is 3.74. The maximum atomic E-state index is 9.78. The molecule has 0 spiro atoms. The van der Waals surface area contributed by atoms with Gasteiger partial charge in [-0.2, -0.15) is 0 Å². The summed E-state index contributed by atoms with van der Waals surface area (Å²) in [5, 5.41) is 9.78. The van der Waals surface area contributed by atoms with E-state index in [1.165, 1.54) is 0 Å². The normalized spacial score (nSPS) is 14.1. The van der Waals surface area contributed by atoms with Crippen LogP contribution in [0.5, 0.6) is 0 Å². The van der Waals surface area contributed by atoms with Crippen LogP contribution in [0, 0.1) is 0 Å². The molecule has 1 atom stereocenters. The third-order valence-corrected chi connectivity index (χ3v) is 2.80. The van der Waals surface area contributed by atoms with E-state index in [9.17, 15) is 5.11 Å². The zero-order chi connectivity index (χ0) is 10.8. The van der Waals surface area contributed by atoms with Crippen molar-refractivity contribution in [1.29, 1.82) is 0 Å². The van der Waals surface area contributed by atoms with Gasteiger partial charge in [0.25, 0.3) is 0 Å². The van der Waals surface area contributed by atoms with Crippen LogP contribution in [-0.2, 0) is 6.42 Å². The molecule has 1 rings (SSSR count). The van der Waals surface area contributed by atoms with E-state index >= 15 is 0 Å². The van der Waals surface area contributed by atoms with Crippen LogP contribution in [0.4, 0.5) is 0 Å². The first kappa shape index (κ1) is 11.6. The molecule has 0 aliphatic carbocycles. The Balaban J connectivity index is 2.75. The number of aromatic nitrogens is 1. The molecule has 0 saturated carbocycles. The van der Waals surface area contributed by atoms with Gasteiger partial charge in [0.1, 0.15) is 0 Å². The Morgan fingerprint density at radius 3 is 2.79 bits per heavy atom. The summed E-state index contributed by atoms with van der Waals surface area (Å²) >= 11 is 3.38. The second-order valence-corrected chi connectivity index (χ2v) is 4.83. The third-order valence-electron chi connectivity index (χ3n) is 2.08. The standard InChI is InChI=1S/C10H15BrN2O/c1-10(2,12)9(14)6-8-7(11)4-3-5-13-8/h3-5,9,14H,6,12H2,1-2H3. The van der Waals surface area contributed by atoms with Gasteiger partial charge < -0.3 is 10.8 Å². The maximum absolute atomic E-state index is 9.78. The van der Waals surface area contributed by atoms with Crippen LogP contribution < -0.4 is 5.73 Å². The van der Waals surface area contributed by atoms with Gasteiger partial charge in [0, 0.05) is 22.6 Å². The van der Waals surface area contributed by atoms with Crippen LogP contribution in [-0.4, -0.2) is 21.7 Å². The first-order valence-electron chi connectivity index (χ1n) is 4.47. The molecule has 1 aromatic rings. The highest BCUT2D eigenvalue weighted by Gasteiger charge is 2.23. The van der Waals surface area contributed by atoms with E-state index in [1.54, 1.807) is 20.0 Å². The molecule has 3 N–H and O–H groups in total. The van der Waals surface area contributed by atoms with Gasteiger partial charge in [-0.25, -0.2) is 0 Å². The molecule has 0 aliphatic heterocycles. The molecular formula is C10H15BrN2O. The summed E-state index contributed by atoms with van der Waals surface area (Å²) in [6.45, 7) is 3.60. The lowest BCUT2D eigenvalue weighted by atomic mass is 9.95. The number of aliphatic hydroxyl groups excluding tert-OH is 1. The Kier molecular flexibility index (Phi) is 3.64. The summed E-state index contributed by atoms with van der Waals surface area (Å²) in [7, 11) is 0. The number of nitrogens with two attached hydrogens (primary N) is 1. The van der Waals surface area contributed by atoms with Gasteiger partial charge in [-0.15, -0.1) is 0 Å². The Morgan fingerprint density at radius 2 is 2.29 bits per heavy atom. The van der Waals surface area contributed by atoms with Crippen molar-refractivity contribution >= 4 is 15.9 Å². The first-order chi connectivity index (χ1) is 6.41. The molecule has 0 saturated heterocycles. The number of halogens is 1. The van der Waals surface area contributed by atoms with Crippen LogP contribution >= 0.6 is 15.9 Å². The smallest absolute Gasteiger partial charge is 0.0769 e. The number of nitrogens with zero attached hydrogens (tertiary/aromatic N) is 1. The van der Waals surface area contributed by atoms with Gasteiger partial charge in [0.2, 0.25) is 0 Å². The second-order valence-electron chi connectivity index (χ2n) is 3.97. The second kappa shape index (κ2) is 4.38. The van der Waals surface area contributed by atoms with Crippen molar-refractivity contribution in [3.05, 3.63) is 28.5 Å². The van der Waals surface area contributed by atoms with Gasteiger partial charge in [-0.3, -0.25) is 4.98 Å². The number of rotatable bonds is 3. The zero-order valence-corrected chi connectivity index (χ0v) is 9.95. The van der Waals surface area contributed by atoms with Crippen LogP contribution in [0.2, 0.25) is 0 Å². The van der Waals surface area contributed by atoms with Crippen molar-refractivity contribution in [3.8, 4) is 0 Å². The fourth-order valence-electron chi connectivity index (χ4n) is 1.01. The van der Waals surface area contributed by atoms with E-state index in [2.05, 4.69) is 20.9 Å². The van der Waals surface area contributed by atoms with Crippen molar-refractivity contribution in [2.45, 2.75) is 31.9 Å². The van der Waals surface area contributed by atoms with Crippen LogP contribution in [0.3, 0.4) is 0 Å². The molecule has 1 heterocycles. The molecule has 0 bridgehead atoms. The first-order valence-corrected chi connectivity index (χ1v) is 5.27. The number of hydrogen-bond donors (Lipinski definition) is 2. The van der Waals surface area contributed by atoms with E-state index < -0.39 is 11.6 Å². The lowest BCUT2D eigenvalue weighted by Gasteiger charge is -2.25. The largest absolute Gasteiger partial charge is 0.391 e. The van der Waals surface area contributed by atoms with E-state index in [0.717, 1.165) is 10.2 Å². The molecule has 0 fully saturated rings. The monoisotopic (exact) mass is 258 g/mol. The molecule has 1 unspecified atom stereocenters. The topological polar surface area (TPSA) is 59.1 Å². The number of pyridine rings is 1. The van der Waals surface area contributed by atoms with E-state index in [-0.39, 0.29) is 0 Å². The van der Waals surface area contributed by atoms with Gasteiger partial charge in [0.05, 0.1) is 11.8 Å². The fourth-order valence-corrected chi connectivity index (χ4v) is 1.43. The highest BCUT2D eigenvalue weighted by atomic mass is 79.9. The Hall–Kier alpha value is -0.450. The molecule has 78 valence electrons. The van der Waals surface area contributed by atoms with Crippen molar-refractivity contribution in [3.63, 3.8) is 0 Å². The molecule has 0 aromatic carbocycles. The molecule has 14 heavy (non-hydrogen) atoms. The molecule has 0 aliphatic rings. The van der Waals surface area contributed by atoms with Gasteiger partial charge >= 0.3 is 0 Å². The summed E-state index contributed by atoms with van der Waals surface area (Å²) in [5.41, 5.74) is 6.02. The number of aliphatic hydroxyl groups is 1. The zero-order valence-electron chi connectivity index (χ0n) is 8.37. The lowest BCUT2D eigenvalue weighted by molar-refractivity contribution is 0.103. The highest BCUT2D eigenvalue weighted by molar-refractivity contribution is 9.10. The van der Waals surface area contributed by atoms with Crippen LogP contribution in [0.25, 0.3) is 0 Å². The summed E-state index contributed by atoms with van der Waals surface area (Å²) in [6.07, 6.45) is 1.58. The summed E-state index contributed by atoms with van der Waals surface area (Å²) in [5.74, 6) is 0. The van der Waals surface area contributed by atoms with Gasteiger partial charge in [0.15, 0.2) is 0 Å². The van der Waals surface area contributed by atoms with Gasteiger partial charge in [-0.05, 0) is 41.9 Å². The maximum Gasteiger partial charge on any atom is 0.0769 e. The van der Waals surface area contributed by atoms with Gasteiger partial charge in [-0.1, -0.05) is 0 Å². The summed E-state index contributed by atoms with van der Waals surface area (Å²) in [4.78, 5) is 4.17. The average Bonchev–Trinajstić information content (AvgIpc) is 2.07. The van der Waals surface area contributed by atoms with E-state index in [0.29, 0.717) is 6.42 Å². The molecular weight excluding hydrogens is 244 g/mol. The predicted molar refractivity (Wildman–Crippen MR) is 59.9 cm³/mol. The van der Waals surface area contributed by atoms with Crippen LogP contribution in [0.1, 0.15) is 19.5 Å². The van der Waals surface area contributed by atoms with Crippen molar-refractivity contribution in [2.24, 2.45) is 5.73 Å². The molecule has 1 aromatic heterocycles. The van der Waals surface area contributed by atoms with E-state index in [4.69, 9.17) is 5.73 Å². The summed E-state index contributed by atoms with van der Waals surface area (Å²) < 4.78 is 0.906. The Bertz CT molecular complexity index is 309. The highest BCUT2D eigenvalue weighted by Crippen LogP contribution is 2.17. The third kappa shape index (κ3) is 3.04.